The number of carbonyl (C=O) groups is 1. The van der Waals surface area contributed by atoms with Gasteiger partial charge in [-0.15, -0.1) is 10.2 Å². The molecule has 3 heterocycles. The number of hydrogen-bond acceptors (Lipinski definition) is 9. The van der Waals surface area contributed by atoms with Crippen LogP contribution in [0.5, 0.6) is 0 Å². The Kier molecular flexibility index (Phi) is 7.09. The Balaban J connectivity index is 1.23. The van der Waals surface area contributed by atoms with Gasteiger partial charge in [-0.05, 0) is 49.9 Å². The lowest BCUT2D eigenvalue weighted by Crippen LogP contribution is -2.55. The molecule has 1 aromatic carbocycles. The number of rotatable bonds is 7. The van der Waals surface area contributed by atoms with E-state index in [4.69, 9.17) is 15.4 Å². The number of nitrogens with two attached hydrogens (primary N) is 1. The second-order valence-electron chi connectivity index (χ2n) is 9.46. The van der Waals surface area contributed by atoms with E-state index in [1.54, 1.807) is 30.5 Å². The van der Waals surface area contributed by atoms with Crippen molar-refractivity contribution in [3.8, 4) is 17.4 Å². The third kappa shape index (κ3) is 5.47. The van der Waals surface area contributed by atoms with E-state index in [0.717, 1.165) is 56.6 Å². The van der Waals surface area contributed by atoms with Crippen LogP contribution in [0.25, 0.3) is 11.3 Å². The van der Waals surface area contributed by atoms with Gasteiger partial charge in [-0.3, -0.25) is 4.79 Å². The van der Waals surface area contributed by atoms with Crippen molar-refractivity contribution in [2.24, 2.45) is 5.73 Å². The Morgan fingerprint density at radius 1 is 1.11 bits per heavy atom. The van der Waals surface area contributed by atoms with Crippen molar-refractivity contribution in [1.29, 1.82) is 5.26 Å². The molecule has 5 rings (SSSR count). The standard InChI is InChI=1S/C26H30N8O2/c27-14-19-10-11-24(33-32-19)34-12-4-7-20(16-34)30-21-8-1-2-9-22(21)31-26-29-15-23(36-26)17-5-3-6-18(13-17)25(28)35/h3,5-6,10-11,13,15,20-22,30H,1-2,4,7-9,12,16H2,(H2,28,35)(H,29,31)/t20?,21-,22-/m1/s1. The molecule has 0 radical (unpaired) electrons. The number of hydrogen-bond donors (Lipinski definition) is 3. The van der Waals surface area contributed by atoms with Gasteiger partial charge in [0.1, 0.15) is 6.07 Å². The van der Waals surface area contributed by atoms with Crippen LogP contribution in [-0.2, 0) is 0 Å². The number of anilines is 2. The van der Waals surface area contributed by atoms with E-state index in [0.29, 0.717) is 35.1 Å². The van der Waals surface area contributed by atoms with Gasteiger partial charge in [0.15, 0.2) is 17.3 Å². The summed E-state index contributed by atoms with van der Waals surface area (Å²) in [5.74, 6) is 0.928. The van der Waals surface area contributed by atoms with Gasteiger partial charge in [0.25, 0.3) is 6.01 Å². The number of aromatic nitrogens is 3. The van der Waals surface area contributed by atoms with Crippen LogP contribution in [0.4, 0.5) is 11.8 Å². The lowest BCUT2D eigenvalue weighted by atomic mass is 9.89. The highest BCUT2D eigenvalue weighted by Crippen LogP contribution is 2.27. The molecule has 3 aromatic rings. The average Bonchev–Trinajstić information content (AvgIpc) is 3.39. The van der Waals surface area contributed by atoms with Crippen LogP contribution in [0.3, 0.4) is 0 Å². The zero-order valence-corrected chi connectivity index (χ0v) is 20.1. The van der Waals surface area contributed by atoms with E-state index < -0.39 is 5.91 Å². The Morgan fingerprint density at radius 2 is 1.97 bits per heavy atom. The van der Waals surface area contributed by atoms with Gasteiger partial charge in [0.2, 0.25) is 5.91 Å². The molecule has 186 valence electrons. The lowest BCUT2D eigenvalue weighted by molar-refractivity contribution is 0.100. The smallest absolute Gasteiger partial charge is 0.295 e. The molecule has 2 aromatic heterocycles. The second kappa shape index (κ2) is 10.7. The molecular formula is C26H30N8O2. The molecule has 36 heavy (non-hydrogen) atoms. The highest BCUT2D eigenvalue weighted by atomic mass is 16.4. The Labute approximate surface area is 209 Å². The number of amides is 1. The zero-order valence-electron chi connectivity index (χ0n) is 20.1. The number of nitrogens with one attached hydrogen (secondary N) is 2. The summed E-state index contributed by atoms with van der Waals surface area (Å²) in [5, 5.41) is 24.6. The molecule has 1 saturated carbocycles. The van der Waals surface area contributed by atoms with Crippen molar-refractivity contribution in [3.63, 3.8) is 0 Å². The molecular weight excluding hydrogens is 456 g/mol. The maximum absolute atomic E-state index is 11.5. The topological polar surface area (TPSA) is 146 Å². The number of nitrogens with zero attached hydrogens (tertiary/aromatic N) is 5. The minimum Gasteiger partial charge on any atom is -0.424 e. The van der Waals surface area contributed by atoms with Crippen LogP contribution >= 0.6 is 0 Å². The number of oxazole rings is 1. The highest BCUT2D eigenvalue weighted by Gasteiger charge is 2.30. The zero-order chi connectivity index (χ0) is 24.9. The summed E-state index contributed by atoms with van der Waals surface area (Å²) in [6, 6.07) is 14.0. The Hall–Kier alpha value is -3.97. The predicted molar refractivity (Wildman–Crippen MR) is 135 cm³/mol. The largest absolute Gasteiger partial charge is 0.424 e. The summed E-state index contributed by atoms with van der Waals surface area (Å²) in [6.07, 6.45) is 8.29. The van der Waals surface area contributed by atoms with Gasteiger partial charge in [0.05, 0.1) is 6.20 Å². The molecule has 1 amide bonds. The van der Waals surface area contributed by atoms with Crippen molar-refractivity contribution in [2.45, 2.75) is 56.7 Å². The number of benzene rings is 1. The van der Waals surface area contributed by atoms with Crippen molar-refractivity contribution >= 4 is 17.7 Å². The van der Waals surface area contributed by atoms with Crippen molar-refractivity contribution < 1.29 is 9.21 Å². The fourth-order valence-electron chi connectivity index (χ4n) is 5.14. The SMILES string of the molecule is N#Cc1ccc(N2CCCC(N[C@@H]3CCCC[C@H]3Nc3ncc(-c4cccc(C(N)=O)c4)o3)C2)nn1. The summed E-state index contributed by atoms with van der Waals surface area (Å²) >= 11 is 0. The normalized spacial score (nSPS) is 22.1. The molecule has 2 fully saturated rings. The van der Waals surface area contributed by atoms with Gasteiger partial charge in [-0.25, -0.2) is 4.98 Å². The van der Waals surface area contributed by atoms with Crippen LogP contribution in [0, 0.1) is 11.3 Å². The average molecular weight is 487 g/mol. The minimum atomic E-state index is -0.474. The quantitative estimate of drug-likeness (QED) is 0.458. The first-order valence-electron chi connectivity index (χ1n) is 12.5. The van der Waals surface area contributed by atoms with Crippen molar-refractivity contribution in [2.75, 3.05) is 23.3 Å². The molecule has 0 bridgehead atoms. The molecule has 2 aliphatic rings. The van der Waals surface area contributed by atoms with Gasteiger partial charge in [-0.2, -0.15) is 5.26 Å². The van der Waals surface area contributed by atoms with Crippen molar-refractivity contribution in [3.05, 3.63) is 53.9 Å². The molecule has 1 saturated heterocycles. The van der Waals surface area contributed by atoms with Gasteiger partial charge >= 0.3 is 0 Å². The summed E-state index contributed by atoms with van der Waals surface area (Å²) in [6.45, 7) is 1.78. The minimum absolute atomic E-state index is 0.201. The maximum atomic E-state index is 11.5. The van der Waals surface area contributed by atoms with E-state index in [-0.39, 0.29) is 6.04 Å². The first-order valence-corrected chi connectivity index (χ1v) is 12.5. The maximum Gasteiger partial charge on any atom is 0.295 e. The molecule has 1 unspecified atom stereocenters. The van der Waals surface area contributed by atoms with Gasteiger partial charge < -0.3 is 25.7 Å². The molecule has 1 aliphatic carbocycles. The second-order valence-corrected chi connectivity index (χ2v) is 9.46. The number of piperidine rings is 1. The molecule has 3 atom stereocenters. The molecule has 4 N–H and O–H groups in total. The van der Waals surface area contributed by atoms with Crippen LogP contribution in [-0.4, -0.2) is 52.3 Å². The third-order valence-corrected chi connectivity index (χ3v) is 6.97. The highest BCUT2D eigenvalue weighted by molar-refractivity contribution is 5.93. The predicted octanol–water partition coefficient (Wildman–Crippen LogP) is 3.08. The Morgan fingerprint density at radius 3 is 2.75 bits per heavy atom. The summed E-state index contributed by atoms with van der Waals surface area (Å²) in [5.41, 5.74) is 6.94. The van der Waals surface area contributed by atoms with E-state index in [2.05, 4.69) is 30.7 Å². The van der Waals surface area contributed by atoms with Gasteiger partial charge in [-0.1, -0.05) is 25.0 Å². The fraction of sp³-hybridized carbons (Fsp3) is 0.423. The molecule has 10 heteroatoms. The number of primary amides is 1. The summed E-state index contributed by atoms with van der Waals surface area (Å²) in [7, 11) is 0. The van der Waals surface area contributed by atoms with E-state index >= 15 is 0 Å². The van der Waals surface area contributed by atoms with E-state index in [9.17, 15) is 4.79 Å². The van der Waals surface area contributed by atoms with Gasteiger partial charge in [0, 0.05) is 42.3 Å². The summed E-state index contributed by atoms with van der Waals surface area (Å²) in [4.78, 5) is 18.2. The van der Waals surface area contributed by atoms with Crippen molar-refractivity contribution in [1.82, 2.24) is 20.5 Å². The van der Waals surface area contributed by atoms with Crippen LogP contribution in [0.2, 0.25) is 0 Å². The fourth-order valence-corrected chi connectivity index (χ4v) is 5.14. The lowest BCUT2D eigenvalue weighted by Gasteiger charge is -2.39. The summed E-state index contributed by atoms with van der Waals surface area (Å²) < 4.78 is 5.99. The monoisotopic (exact) mass is 486 g/mol. The third-order valence-electron chi connectivity index (χ3n) is 6.97. The van der Waals surface area contributed by atoms with Crippen LogP contribution in [0.15, 0.2) is 47.0 Å². The molecule has 10 nitrogen and oxygen atoms in total. The van der Waals surface area contributed by atoms with Crippen LogP contribution in [0.1, 0.15) is 54.6 Å². The number of carbonyl (C=O) groups excluding carboxylic acids is 1. The molecule has 1 aliphatic heterocycles. The van der Waals surface area contributed by atoms with E-state index in [1.165, 1.54) is 6.42 Å². The first kappa shape index (κ1) is 23.8. The van der Waals surface area contributed by atoms with E-state index in [1.807, 2.05) is 18.2 Å². The van der Waals surface area contributed by atoms with Crippen LogP contribution < -0.4 is 21.3 Å². The number of nitriles is 1. The Bertz CT molecular complexity index is 1240. The molecule has 0 spiro atoms. The first-order chi connectivity index (χ1) is 17.6.